The largest absolute Gasteiger partial charge is 0.344 e. The molecule has 0 amide bonds. The molecule has 1 fully saturated rings. The van der Waals surface area contributed by atoms with Gasteiger partial charge in [0.25, 0.3) is 0 Å². The molecule has 2 aromatic rings. The Kier molecular flexibility index (Phi) is 9.22. The molecule has 0 saturated carbocycles. The third-order valence-electron chi connectivity index (χ3n) is 3.75. The van der Waals surface area contributed by atoms with Gasteiger partial charge in [-0.3, -0.25) is 4.90 Å². The minimum atomic E-state index is 0. The molecular formula is C20H31N3. The highest BCUT2D eigenvalue weighted by Crippen LogP contribution is 2.28. The third-order valence-corrected chi connectivity index (χ3v) is 3.75. The van der Waals surface area contributed by atoms with Crippen molar-refractivity contribution in [2.75, 3.05) is 26.2 Å². The van der Waals surface area contributed by atoms with Crippen molar-refractivity contribution in [1.82, 2.24) is 16.4 Å². The molecule has 0 unspecified atom stereocenters. The molecule has 2 aromatic carbocycles. The number of nitrogens with one attached hydrogen (secondary N) is 1. The number of hydrogen-bond acceptors (Lipinski definition) is 3. The van der Waals surface area contributed by atoms with Gasteiger partial charge in [-0.2, -0.15) is 0 Å². The Labute approximate surface area is 141 Å². The fraction of sp³-hybridized carbons (Fsp3) is 0.400. The van der Waals surface area contributed by atoms with E-state index in [2.05, 4.69) is 84.7 Å². The Hall–Kier alpha value is -1.68. The van der Waals surface area contributed by atoms with Gasteiger partial charge in [-0.1, -0.05) is 80.9 Å². The molecule has 3 heteroatoms. The summed E-state index contributed by atoms with van der Waals surface area (Å²) in [6.45, 7) is 8.62. The van der Waals surface area contributed by atoms with Gasteiger partial charge in [0, 0.05) is 26.2 Å². The van der Waals surface area contributed by atoms with E-state index < -0.39 is 0 Å². The SMILES string of the molecule is CCC.N.c1ccc(C(c2ccccc2)N2CCNCC2)cc1. The minimum Gasteiger partial charge on any atom is -0.344 e. The van der Waals surface area contributed by atoms with Crippen molar-refractivity contribution in [2.24, 2.45) is 0 Å². The topological polar surface area (TPSA) is 50.3 Å². The molecule has 0 atom stereocenters. The molecule has 3 nitrogen and oxygen atoms in total. The summed E-state index contributed by atoms with van der Waals surface area (Å²) in [6, 6.07) is 22.0. The number of benzene rings is 2. The summed E-state index contributed by atoms with van der Waals surface area (Å²) in [4.78, 5) is 2.57. The van der Waals surface area contributed by atoms with Gasteiger partial charge in [-0.25, -0.2) is 0 Å². The molecule has 1 heterocycles. The zero-order valence-electron chi connectivity index (χ0n) is 14.5. The van der Waals surface area contributed by atoms with E-state index in [0.29, 0.717) is 6.04 Å². The lowest BCUT2D eigenvalue weighted by atomic mass is 9.96. The summed E-state index contributed by atoms with van der Waals surface area (Å²) in [5.74, 6) is 0. The summed E-state index contributed by atoms with van der Waals surface area (Å²) in [5, 5.41) is 3.43. The van der Waals surface area contributed by atoms with E-state index in [4.69, 9.17) is 0 Å². The summed E-state index contributed by atoms with van der Waals surface area (Å²) in [7, 11) is 0. The normalized spacial score (nSPS) is 14.6. The summed E-state index contributed by atoms with van der Waals surface area (Å²) in [6.07, 6.45) is 1.25. The molecule has 3 rings (SSSR count). The molecule has 126 valence electrons. The van der Waals surface area contributed by atoms with Gasteiger partial charge in [-0.05, 0) is 11.1 Å². The van der Waals surface area contributed by atoms with Crippen LogP contribution in [0.1, 0.15) is 37.4 Å². The molecular weight excluding hydrogens is 282 g/mol. The Morgan fingerprint density at radius 2 is 1.22 bits per heavy atom. The van der Waals surface area contributed by atoms with Crippen molar-refractivity contribution < 1.29 is 0 Å². The zero-order valence-corrected chi connectivity index (χ0v) is 14.5. The van der Waals surface area contributed by atoms with E-state index in [1.807, 2.05) is 0 Å². The van der Waals surface area contributed by atoms with Gasteiger partial charge < -0.3 is 11.5 Å². The van der Waals surface area contributed by atoms with Crippen molar-refractivity contribution in [3.8, 4) is 0 Å². The number of hydrogen-bond donors (Lipinski definition) is 2. The average molecular weight is 313 g/mol. The molecule has 1 saturated heterocycles. The lowest BCUT2D eigenvalue weighted by Gasteiger charge is -2.35. The Morgan fingerprint density at radius 3 is 1.61 bits per heavy atom. The van der Waals surface area contributed by atoms with Crippen LogP contribution in [0.15, 0.2) is 60.7 Å². The van der Waals surface area contributed by atoms with Crippen molar-refractivity contribution in [3.05, 3.63) is 71.8 Å². The maximum Gasteiger partial charge on any atom is 0.0602 e. The summed E-state index contributed by atoms with van der Waals surface area (Å²) in [5.41, 5.74) is 2.77. The first-order valence-electron chi connectivity index (χ1n) is 8.41. The second-order valence-electron chi connectivity index (χ2n) is 5.72. The van der Waals surface area contributed by atoms with Crippen LogP contribution in [-0.2, 0) is 0 Å². The van der Waals surface area contributed by atoms with E-state index >= 15 is 0 Å². The van der Waals surface area contributed by atoms with Gasteiger partial charge in [0.1, 0.15) is 0 Å². The molecule has 0 aliphatic carbocycles. The second-order valence-corrected chi connectivity index (χ2v) is 5.72. The predicted octanol–water partition coefficient (Wildman–Crippen LogP) is 4.26. The van der Waals surface area contributed by atoms with Crippen molar-refractivity contribution >= 4 is 0 Å². The molecule has 0 bridgehead atoms. The Bertz CT molecular complexity index is 467. The van der Waals surface area contributed by atoms with Crippen LogP contribution >= 0.6 is 0 Å². The van der Waals surface area contributed by atoms with Gasteiger partial charge in [-0.15, -0.1) is 0 Å². The predicted molar refractivity (Wildman–Crippen MR) is 100 cm³/mol. The fourth-order valence-corrected chi connectivity index (χ4v) is 2.83. The van der Waals surface area contributed by atoms with E-state index in [1.54, 1.807) is 0 Å². The molecule has 0 aromatic heterocycles. The van der Waals surface area contributed by atoms with Crippen LogP contribution in [0, 0.1) is 0 Å². The van der Waals surface area contributed by atoms with Gasteiger partial charge in [0.05, 0.1) is 6.04 Å². The first kappa shape index (κ1) is 19.4. The number of piperazine rings is 1. The van der Waals surface area contributed by atoms with Gasteiger partial charge >= 0.3 is 0 Å². The van der Waals surface area contributed by atoms with Crippen molar-refractivity contribution in [3.63, 3.8) is 0 Å². The Balaban J connectivity index is 0.000000615. The van der Waals surface area contributed by atoms with E-state index in [9.17, 15) is 0 Å². The molecule has 0 spiro atoms. The van der Waals surface area contributed by atoms with Crippen LogP contribution in [0.2, 0.25) is 0 Å². The summed E-state index contributed by atoms with van der Waals surface area (Å²) < 4.78 is 0. The maximum absolute atomic E-state index is 3.43. The van der Waals surface area contributed by atoms with Crippen molar-refractivity contribution in [1.29, 1.82) is 0 Å². The first-order valence-corrected chi connectivity index (χ1v) is 8.41. The number of nitrogens with zero attached hydrogens (tertiary/aromatic N) is 1. The third kappa shape index (κ3) is 5.79. The van der Waals surface area contributed by atoms with Gasteiger partial charge in [0.2, 0.25) is 0 Å². The van der Waals surface area contributed by atoms with Crippen molar-refractivity contribution in [2.45, 2.75) is 26.3 Å². The molecule has 23 heavy (non-hydrogen) atoms. The van der Waals surface area contributed by atoms with Gasteiger partial charge in [0.15, 0.2) is 0 Å². The molecule has 1 aliphatic rings. The van der Waals surface area contributed by atoms with Crippen LogP contribution in [0.25, 0.3) is 0 Å². The first-order chi connectivity index (χ1) is 10.9. The van der Waals surface area contributed by atoms with Crippen LogP contribution in [0.5, 0.6) is 0 Å². The second kappa shape index (κ2) is 10.9. The van der Waals surface area contributed by atoms with Crippen LogP contribution in [0.3, 0.4) is 0 Å². The standard InChI is InChI=1S/C17H20N2.C3H8.H3N/c1-3-7-15(8-4-1)17(16-9-5-2-6-10-16)19-13-11-18-12-14-19;1-3-2;/h1-10,17-18H,11-14H2;3H2,1-2H3;1H3. The highest BCUT2D eigenvalue weighted by Gasteiger charge is 2.23. The highest BCUT2D eigenvalue weighted by atomic mass is 15.2. The lowest BCUT2D eigenvalue weighted by Crippen LogP contribution is -2.45. The Morgan fingerprint density at radius 1 is 0.826 bits per heavy atom. The molecule has 0 radical (unpaired) electrons. The number of rotatable bonds is 3. The molecule has 1 aliphatic heterocycles. The van der Waals surface area contributed by atoms with Crippen LogP contribution in [0.4, 0.5) is 0 Å². The highest BCUT2D eigenvalue weighted by molar-refractivity contribution is 5.31. The van der Waals surface area contributed by atoms with E-state index in [1.165, 1.54) is 17.5 Å². The monoisotopic (exact) mass is 313 g/mol. The quantitative estimate of drug-likeness (QED) is 0.890. The fourth-order valence-electron chi connectivity index (χ4n) is 2.83. The molecule has 4 N–H and O–H groups in total. The van der Waals surface area contributed by atoms with E-state index in [0.717, 1.165) is 26.2 Å². The lowest BCUT2D eigenvalue weighted by molar-refractivity contribution is 0.198. The minimum absolute atomic E-state index is 0. The summed E-state index contributed by atoms with van der Waals surface area (Å²) >= 11 is 0. The zero-order chi connectivity index (χ0) is 15.6. The van der Waals surface area contributed by atoms with E-state index in [-0.39, 0.29) is 6.15 Å². The van der Waals surface area contributed by atoms with Crippen LogP contribution < -0.4 is 11.5 Å². The average Bonchev–Trinajstić information content (AvgIpc) is 2.59. The maximum atomic E-state index is 3.43. The smallest absolute Gasteiger partial charge is 0.0602 e. The van der Waals surface area contributed by atoms with Crippen LogP contribution in [-0.4, -0.2) is 31.1 Å².